The number of phosphoric acid groups is 1. The van der Waals surface area contributed by atoms with E-state index in [2.05, 4.69) is 29.9 Å². The number of fused-ring (bicyclic) bond motifs is 2. The summed E-state index contributed by atoms with van der Waals surface area (Å²) in [6.45, 7) is -1.16. The third-order valence-corrected chi connectivity index (χ3v) is 8.47. The van der Waals surface area contributed by atoms with Crippen LogP contribution in [0.2, 0.25) is 0 Å². The fraction of sp³-hybridized carbons (Fsp3) is 0.524. The van der Waals surface area contributed by atoms with Crippen LogP contribution in [-0.2, 0) is 32.4 Å². The van der Waals surface area contributed by atoms with E-state index in [1.807, 2.05) is 0 Å². The number of nitrogens with zero attached hydrogens (tertiary/aromatic N) is 7. The summed E-state index contributed by atoms with van der Waals surface area (Å²) in [6.07, 6.45) is -5.60. The van der Waals surface area contributed by atoms with Gasteiger partial charge >= 0.3 is 15.9 Å². The Labute approximate surface area is 251 Å². The third kappa shape index (κ3) is 6.18. The summed E-state index contributed by atoms with van der Waals surface area (Å²) in [5.41, 5.74) is 11.2. The SMILES string of the molecule is Nc1nc2c(ncn2[C@@H]2O[C@H](CO)CC2OP(=O)(O)OC[C@H]2O[C@@H](n3cnc4c(N)ncnc43)C(O)C2OC[P+](=O)O)c(=O)[nH]1. The second-order valence-electron chi connectivity index (χ2n) is 10.0. The molecular weight excluding hydrogens is 646 g/mol. The number of aromatic amines is 1. The molecule has 0 bridgehead atoms. The molecule has 0 saturated carbocycles. The van der Waals surface area contributed by atoms with E-state index in [0.717, 1.165) is 0 Å². The van der Waals surface area contributed by atoms with Gasteiger partial charge in [-0.3, -0.25) is 28.0 Å². The van der Waals surface area contributed by atoms with E-state index < -0.39 is 83.9 Å². The molecule has 0 radical (unpaired) electrons. The highest BCUT2D eigenvalue weighted by Crippen LogP contribution is 2.50. The van der Waals surface area contributed by atoms with Gasteiger partial charge in [-0.1, -0.05) is 0 Å². The van der Waals surface area contributed by atoms with Crippen LogP contribution in [-0.4, -0.2) is 109 Å². The van der Waals surface area contributed by atoms with E-state index >= 15 is 0 Å². The maximum Gasteiger partial charge on any atom is 0.534 e. The zero-order chi connectivity index (χ0) is 32.0. The van der Waals surface area contributed by atoms with Crippen LogP contribution in [0.5, 0.6) is 0 Å². The molecule has 4 aromatic rings. The lowest BCUT2D eigenvalue weighted by atomic mass is 10.1. The lowest BCUT2D eigenvalue weighted by molar-refractivity contribution is -0.0647. The zero-order valence-electron chi connectivity index (χ0n) is 22.8. The first-order valence-electron chi connectivity index (χ1n) is 13.1. The van der Waals surface area contributed by atoms with Gasteiger partial charge in [0.15, 0.2) is 35.1 Å². The number of phosphoric ester groups is 1. The number of imidazole rings is 2. The average molecular weight is 673 g/mol. The minimum atomic E-state index is -4.95. The summed E-state index contributed by atoms with van der Waals surface area (Å²) in [5, 5.41) is 20.8. The smallest absolute Gasteiger partial charge is 0.394 e. The van der Waals surface area contributed by atoms with Crippen LogP contribution in [0.3, 0.4) is 0 Å². The molecular formula is C21H27N10O12P2+. The molecule has 24 heteroatoms. The summed E-state index contributed by atoms with van der Waals surface area (Å²) in [6, 6.07) is 0. The second kappa shape index (κ2) is 12.3. The van der Waals surface area contributed by atoms with Crippen LogP contribution in [0.4, 0.5) is 11.8 Å². The van der Waals surface area contributed by atoms with Crippen LogP contribution >= 0.6 is 15.9 Å². The molecule has 6 rings (SSSR count). The summed E-state index contributed by atoms with van der Waals surface area (Å²) in [5.74, 6) is -0.138. The van der Waals surface area contributed by atoms with Crippen molar-refractivity contribution < 1.29 is 52.4 Å². The largest absolute Gasteiger partial charge is 0.534 e. The summed E-state index contributed by atoms with van der Waals surface area (Å²) < 4.78 is 54.9. The van der Waals surface area contributed by atoms with Crippen molar-refractivity contribution in [3.63, 3.8) is 0 Å². The minimum absolute atomic E-state index is 0.00257. The van der Waals surface area contributed by atoms with Crippen LogP contribution in [0.1, 0.15) is 18.9 Å². The molecule has 2 aliphatic rings. The quantitative estimate of drug-likeness (QED) is 0.0867. The molecule has 0 aliphatic carbocycles. The Kier molecular flexibility index (Phi) is 8.63. The summed E-state index contributed by atoms with van der Waals surface area (Å²) in [4.78, 5) is 54.6. The Hall–Kier alpha value is -3.53. The second-order valence-corrected chi connectivity index (χ2v) is 12.4. The van der Waals surface area contributed by atoms with Gasteiger partial charge in [0.25, 0.3) is 11.9 Å². The number of anilines is 2. The Morgan fingerprint density at radius 1 is 1.11 bits per heavy atom. The minimum Gasteiger partial charge on any atom is -0.394 e. The molecule has 2 aliphatic heterocycles. The Bertz CT molecular complexity index is 1840. The maximum absolute atomic E-state index is 13.2. The van der Waals surface area contributed by atoms with Crippen LogP contribution in [0.15, 0.2) is 23.8 Å². The molecule has 0 spiro atoms. The van der Waals surface area contributed by atoms with E-state index in [1.54, 1.807) is 0 Å². The van der Waals surface area contributed by atoms with Gasteiger partial charge in [0, 0.05) is 6.42 Å². The standard InChI is InChI=1S/C21H26N10O12P2/c22-15-11-16(25-4-24-15)30(5-26-11)20-13(33)14(39-7-44(35)36)10(42-20)3-40-45(37,38)43-9-1-8(2-32)41-19(9)31-6-27-12-17(31)28-21(23)29-18(12)34/h4-6,8-10,13-14,19-20,32-33H,1-3,7H2,(H6-,22,23,24,25,28,29,34,35,36,37,38)/p+1/t8-,9?,10+,13?,14?,19+,20+/m0/s1. The topological polar surface area (TPSA) is 320 Å². The number of H-pyrrole nitrogens is 1. The van der Waals surface area contributed by atoms with Gasteiger partial charge in [0.05, 0.1) is 32.0 Å². The number of aliphatic hydroxyl groups excluding tert-OH is 2. The highest BCUT2D eigenvalue weighted by Gasteiger charge is 2.49. The molecule has 242 valence electrons. The van der Waals surface area contributed by atoms with Gasteiger partial charge in [0.1, 0.15) is 36.3 Å². The van der Waals surface area contributed by atoms with E-state index in [-0.39, 0.29) is 40.5 Å². The van der Waals surface area contributed by atoms with Gasteiger partial charge in [-0.2, -0.15) is 9.88 Å². The highest BCUT2D eigenvalue weighted by atomic mass is 31.2. The normalized spacial score (nSPS) is 28.6. The van der Waals surface area contributed by atoms with Crippen molar-refractivity contribution >= 4 is 49.9 Å². The van der Waals surface area contributed by atoms with E-state index in [9.17, 15) is 33.9 Å². The average Bonchev–Trinajstić information content (AvgIpc) is 3.75. The molecule has 6 heterocycles. The fourth-order valence-electron chi connectivity index (χ4n) is 5.17. The van der Waals surface area contributed by atoms with Crippen LogP contribution in [0.25, 0.3) is 22.3 Å². The number of hydrogen-bond donors (Lipinski definition) is 7. The maximum atomic E-state index is 13.2. The van der Waals surface area contributed by atoms with E-state index in [0.29, 0.717) is 0 Å². The number of ether oxygens (including phenoxy) is 3. The van der Waals surface area contributed by atoms with Gasteiger partial charge in [-0.15, -0.1) is 0 Å². The highest BCUT2D eigenvalue weighted by molar-refractivity contribution is 7.47. The molecule has 2 fully saturated rings. The van der Waals surface area contributed by atoms with Crippen LogP contribution in [0, 0.1) is 0 Å². The first kappa shape index (κ1) is 31.5. The Morgan fingerprint density at radius 2 is 1.84 bits per heavy atom. The van der Waals surface area contributed by atoms with Crippen molar-refractivity contribution in [2.45, 2.75) is 49.4 Å². The number of nitrogens with two attached hydrogens (primary N) is 2. The molecule has 0 aromatic carbocycles. The predicted molar refractivity (Wildman–Crippen MR) is 148 cm³/mol. The van der Waals surface area contributed by atoms with Crippen LogP contribution < -0.4 is 17.0 Å². The number of aliphatic hydroxyl groups is 2. The molecule has 45 heavy (non-hydrogen) atoms. The molecule has 5 unspecified atom stereocenters. The Balaban J connectivity index is 1.20. The summed E-state index contributed by atoms with van der Waals surface area (Å²) >= 11 is 0. The van der Waals surface area contributed by atoms with Crippen molar-refractivity contribution in [1.82, 2.24) is 39.0 Å². The van der Waals surface area contributed by atoms with Crippen molar-refractivity contribution in [3.05, 3.63) is 29.3 Å². The van der Waals surface area contributed by atoms with Crippen molar-refractivity contribution in [2.75, 3.05) is 31.0 Å². The number of hydrogen-bond acceptors (Lipinski definition) is 17. The van der Waals surface area contributed by atoms with Crippen molar-refractivity contribution in [2.24, 2.45) is 0 Å². The van der Waals surface area contributed by atoms with Gasteiger partial charge in [0.2, 0.25) is 5.95 Å². The molecule has 9 N–H and O–H groups in total. The Morgan fingerprint density at radius 3 is 2.58 bits per heavy atom. The van der Waals surface area contributed by atoms with Crippen molar-refractivity contribution in [1.29, 1.82) is 0 Å². The number of aromatic nitrogens is 8. The molecule has 9 atom stereocenters. The lowest BCUT2D eigenvalue weighted by Crippen LogP contribution is -2.36. The van der Waals surface area contributed by atoms with Gasteiger partial charge in [-0.05, 0) is 4.57 Å². The number of rotatable bonds is 11. The first-order chi connectivity index (χ1) is 21.5. The monoisotopic (exact) mass is 673 g/mol. The zero-order valence-corrected chi connectivity index (χ0v) is 24.6. The van der Waals surface area contributed by atoms with E-state index in [4.69, 9.17) is 34.7 Å². The van der Waals surface area contributed by atoms with Crippen molar-refractivity contribution in [3.8, 4) is 0 Å². The predicted octanol–water partition coefficient (Wildman–Crippen LogP) is -1.76. The number of nitrogens with one attached hydrogen (secondary N) is 1. The third-order valence-electron chi connectivity index (χ3n) is 7.09. The van der Waals surface area contributed by atoms with E-state index in [1.165, 1.54) is 28.1 Å². The van der Waals surface area contributed by atoms with Gasteiger partial charge in [-0.25, -0.2) is 24.5 Å². The van der Waals surface area contributed by atoms with Gasteiger partial charge < -0.3 is 40.8 Å². The number of nitrogen functional groups attached to an aromatic ring is 2. The first-order valence-corrected chi connectivity index (χ1v) is 16.0. The molecule has 2 saturated heterocycles. The summed E-state index contributed by atoms with van der Waals surface area (Å²) in [7, 11) is -7.72. The molecule has 4 aromatic heterocycles. The molecule has 0 amide bonds. The lowest BCUT2D eigenvalue weighted by Gasteiger charge is -2.24. The molecule has 22 nitrogen and oxygen atoms in total. The fourth-order valence-corrected chi connectivity index (χ4v) is 6.40.